The van der Waals surface area contributed by atoms with Crippen LogP contribution in [0.3, 0.4) is 0 Å². The van der Waals surface area contributed by atoms with Crippen LogP contribution in [-0.4, -0.2) is 19.0 Å². The fraction of sp³-hybridized carbons (Fsp3) is 0.294. The first-order valence-corrected chi connectivity index (χ1v) is 7.96. The summed E-state index contributed by atoms with van der Waals surface area (Å²) < 4.78 is 1.27. The fourth-order valence-corrected chi connectivity index (χ4v) is 2.81. The molecule has 0 aliphatic carbocycles. The molecule has 0 amide bonds. The zero-order valence-electron chi connectivity index (χ0n) is 12.3. The average Bonchev–Trinajstić information content (AvgIpc) is 2.42. The Labute approximate surface area is 135 Å². The van der Waals surface area contributed by atoms with Gasteiger partial charge in [0.1, 0.15) is 0 Å². The van der Waals surface area contributed by atoms with Crippen LogP contribution in [0.1, 0.15) is 18.1 Å². The Morgan fingerprint density at radius 3 is 2.40 bits per heavy atom. The van der Waals surface area contributed by atoms with Crippen LogP contribution in [0.4, 0.5) is 11.4 Å². The van der Waals surface area contributed by atoms with Crippen LogP contribution < -0.4 is 5.32 Å². The summed E-state index contributed by atoms with van der Waals surface area (Å²) in [6.07, 6.45) is 1.04. The third-order valence-electron chi connectivity index (χ3n) is 3.22. The van der Waals surface area contributed by atoms with Gasteiger partial charge >= 0.3 is 0 Å². The minimum Gasteiger partial charge on any atom is -0.355 e. The Balaban J connectivity index is 2.33. The van der Waals surface area contributed by atoms with Gasteiger partial charge in [-0.3, -0.25) is 0 Å². The molecule has 0 aromatic heterocycles. The predicted octanol–water partition coefficient (Wildman–Crippen LogP) is 4.66. The van der Waals surface area contributed by atoms with Gasteiger partial charge in [-0.1, -0.05) is 25.1 Å². The van der Waals surface area contributed by atoms with Crippen LogP contribution in [-0.2, 0) is 13.0 Å². The molecule has 20 heavy (non-hydrogen) atoms. The molecule has 0 spiro atoms. The number of rotatable bonds is 5. The zero-order valence-corrected chi connectivity index (χ0v) is 14.4. The Morgan fingerprint density at radius 2 is 1.70 bits per heavy atom. The van der Waals surface area contributed by atoms with Crippen LogP contribution in [0.2, 0.25) is 0 Å². The molecule has 0 fully saturated rings. The van der Waals surface area contributed by atoms with Crippen LogP contribution in [0.5, 0.6) is 0 Å². The average molecular weight is 380 g/mol. The monoisotopic (exact) mass is 380 g/mol. The Morgan fingerprint density at radius 1 is 1.00 bits per heavy atom. The van der Waals surface area contributed by atoms with Gasteiger partial charge in [-0.05, 0) is 78.5 Å². The lowest BCUT2D eigenvalue weighted by molar-refractivity contribution is 0.403. The van der Waals surface area contributed by atoms with Gasteiger partial charge in [-0.25, -0.2) is 0 Å². The molecule has 1 N–H and O–H groups in total. The van der Waals surface area contributed by atoms with Crippen molar-refractivity contribution in [3.8, 4) is 0 Å². The first kappa shape index (κ1) is 15.3. The first-order chi connectivity index (χ1) is 9.60. The van der Waals surface area contributed by atoms with Gasteiger partial charge in [0.15, 0.2) is 0 Å². The number of anilines is 2. The second kappa shape index (κ2) is 7.09. The molecule has 0 aliphatic rings. The Hall–Kier alpha value is -1.07. The van der Waals surface area contributed by atoms with Gasteiger partial charge in [0.25, 0.3) is 0 Å². The summed E-state index contributed by atoms with van der Waals surface area (Å²) in [5.41, 5.74) is 5.07. The molecule has 3 heteroatoms. The van der Waals surface area contributed by atoms with Crippen molar-refractivity contribution in [2.24, 2.45) is 0 Å². The van der Waals surface area contributed by atoms with E-state index in [9.17, 15) is 0 Å². The van der Waals surface area contributed by atoms with Gasteiger partial charge in [0.2, 0.25) is 0 Å². The summed E-state index contributed by atoms with van der Waals surface area (Å²) in [5.74, 6) is 0. The van der Waals surface area contributed by atoms with Crippen LogP contribution >= 0.6 is 22.6 Å². The summed E-state index contributed by atoms with van der Waals surface area (Å²) in [6, 6.07) is 15.1. The summed E-state index contributed by atoms with van der Waals surface area (Å²) in [7, 11) is 4.20. The lowest BCUT2D eigenvalue weighted by Crippen LogP contribution is -2.12. The van der Waals surface area contributed by atoms with Crippen molar-refractivity contribution in [3.63, 3.8) is 0 Å². The van der Waals surface area contributed by atoms with E-state index in [2.05, 4.69) is 96.3 Å². The quantitative estimate of drug-likeness (QED) is 0.760. The Bertz CT molecular complexity index is 579. The van der Waals surface area contributed by atoms with E-state index in [1.165, 1.54) is 26.1 Å². The fourth-order valence-electron chi connectivity index (χ4n) is 2.25. The highest BCUT2D eigenvalue weighted by atomic mass is 127. The highest BCUT2D eigenvalue weighted by molar-refractivity contribution is 14.1. The predicted molar refractivity (Wildman–Crippen MR) is 95.7 cm³/mol. The third kappa shape index (κ3) is 3.96. The summed E-state index contributed by atoms with van der Waals surface area (Å²) in [6.45, 7) is 3.13. The molecule has 2 nitrogen and oxygen atoms in total. The lowest BCUT2D eigenvalue weighted by atomic mass is 10.1. The molecule has 2 rings (SSSR count). The Kier molecular flexibility index (Phi) is 5.43. The molecule has 0 bridgehead atoms. The molecule has 0 saturated heterocycles. The normalized spacial score (nSPS) is 10.8. The van der Waals surface area contributed by atoms with E-state index < -0.39 is 0 Å². The number of para-hydroxylation sites is 1. The smallest absolute Gasteiger partial charge is 0.0430 e. The van der Waals surface area contributed by atoms with Crippen LogP contribution in [0.25, 0.3) is 0 Å². The van der Waals surface area contributed by atoms with Gasteiger partial charge < -0.3 is 10.2 Å². The van der Waals surface area contributed by atoms with Crippen molar-refractivity contribution in [2.75, 3.05) is 19.4 Å². The first-order valence-electron chi connectivity index (χ1n) is 6.88. The minimum absolute atomic E-state index is 0.938. The van der Waals surface area contributed by atoms with E-state index in [-0.39, 0.29) is 0 Å². The maximum Gasteiger partial charge on any atom is 0.0430 e. The minimum atomic E-state index is 0.938. The maximum absolute atomic E-state index is 3.59. The standard InChI is InChI=1S/C17H21IN2/c1-4-13-7-5-6-8-16(13)19-17-10-9-15(18)11-14(17)12-20(2)3/h5-11,19H,4,12H2,1-3H3. The topological polar surface area (TPSA) is 15.3 Å². The van der Waals surface area contributed by atoms with Crippen molar-refractivity contribution >= 4 is 34.0 Å². The van der Waals surface area contributed by atoms with Crippen LogP contribution in [0, 0.1) is 3.57 Å². The van der Waals surface area contributed by atoms with Gasteiger partial charge in [0.05, 0.1) is 0 Å². The molecule has 0 heterocycles. The van der Waals surface area contributed by atoms with Gasteiger partial charge in [-0.2, -0.15) is 0 Å². The molecular formula is C17H21IN2. The van der Waals surface area contributed by atoms with Gasteiger partial charge in [0, 0.05) is 21.5 Å². The lowest BCUT2D eigenvalue weighted by Gasteiger charge is -2.17. The van der Waals surface area contributed by atoms with Gasteiger partial charge in [-0.15, -0.1) is 0 Å². The molecule has 0 saturated carbocycles. The van der Waals surface area contributed by atoms with Crippen molar-refractivity contribution in [3.05, 3.63) is 57.2 Å². The van der Waals surface area contributed by atoms with Crippen LogP contribution in [0.15, 0.2) is 42.5 Å². The molecular weight excluding hydrogens is 359 g/mol. The number of nitrogens with zero attached hydrogens (tertiary/aromatic N) is 1. The third-order valence-corrected chi connectivity index (χ3v) is 3.89. The number of benzene rings is 2. The zero-order chi connectivity index (χ0) is 14.5. The van der Waals surface area contributed by atoms with Crippen molar-refractivity contribution in [1.29, 1.82) is 0 Å². The van der Waals surface area contributed by atoms with E-state index >= 15 is 0 Å². The summed E-state index contributed by atoms with van der Waals surface area (Å²) in [4.78, 5) is 2.20. The molecule has 106 valence electrons. The number of hydrogen-bond donors (Lipinski definition) is 1. The van der Waals surface area contributed by atoms with Crippen molar-refractivity contribution < 1.29 is 0 Å². The second-order valence-corrected chi connectivity index (χ2v) is 6.42. The molecule has 0 radical (unpaired) electrons. The largest absolute Gasteiger partial charge is 0.355 e. The number of halogens is 1. The molecule has 2 aromatic rings. The van der Waals surface area contributed by atoms with Crippen molar-refractivity contribution in [1.82, 2.24) is 4.90 Å². The highest BCUT2D eigenvalue weighted by Crippen LogP contribution is 2.26. The maximum atomic E-state index is 3.59. The summed E-state index contributed by atoms with van der Waals surface area (Å²) in [5, 5.41) is 3.59. The van der Waals surface area contributed by atoms with E-state index in [1.807, 2.05) is 0 Å². The SMILES string of the molecule is CCc1ccccc1Nc1ccc(I)cc1CN(C)C. The molecule has 2 aromatic carbocycles. The molecule has 0 atom stereocenters. The highest BCUT2D eigenvalue weighted by Gasteiger charge is 2.07. The van der Waals surface area contributed by atoms with E-state index in [0.717, 1.165) is 13.0 Å². The molecule has 0 aliphatic heterocycles. The molecule has 0 unspecified atom stereocenters. The van der Waals surface area contributed by atoms with Crippen molar-refractivity contribution in [2.45, 2.75) is 19.9 Å². The number of aryl methyl sites for hydroxylation is 1. The second-order valence-electron chi connectivity index (χ2n) is 5.17. The van der Waals surface area contributed by atoms with E-state index in [0.29, 0.717) is 0 Å². The van der Waals surface area contributed by atoms with E-state index in [4.69, 9.17) is 0 Å². The summed E-state index contributed by atoms with van der Waals surface area (Å²) >= 11 is 2.37. The van der Waals surface area contributed by atoms with E-state index in [1.54, 1.807) is 0 Å². The number of nitrogens with one attached hydrogen (secondary N) is 1. The number of hydrogen-bond acceptors (Lipinski definition) is 2.